The summed E-state index contributed by atoms with van der Waals surface area (Å²) in [6.45, 7) is 9.35. The first-order valence-corrected chi connectivity index (χ1v) is 5.26. The highest BCUT2D eigenvalue weighted by Gasteiger charge is 2.27. The quantitative estimate of drug-likeness (QED) is 0.587. The van der Waals surface area contributed by atoms with Crippen LogP contribution in [-0.4, -0.2) is 30.8 Å². The lowest BCUT2D eigenvalue weighted by Gasteiger charge is -2.27. The van der Waals surface area contributed by atoms with E-state index in [1.54, 1.807) is 0 Å². The van der Waals surface area contributed by atoms with E-state index < -0.39 is 0 Å². The molecule has 0 N–H and O–H groups in total. The van der Waals surface area contributed by atoms with Gasteiger partial charge in [0.05, 0.1) is 0 Å². The Morgan fingerprint density at radius 2 is 2.08 bits per heavy atom. The zero-order valence-electron chi connectivity index (χ0n) is 9.05. The second-order valence-electron chi connectivity index (χ2n) is 4.88. The number of nitrogens with zero attached hydrogens (tertiary/aromatic N) is 1. The van der Waals surface area contributed by atoms with E-state index in [9.17, 15) is 4.79 Å². The third-order valence-corrected chi connectivity index (χ3v) is 2.61. The van der Waals surface area contributed by atoms with E-state index in [0.717, 1.165) is 25.3 Å². The molecule has 1 saturated carbocycles. The van der Waals surface area contributed by atoms with Crippen molar-refractivity contribution in [1.82, 2.24) is 4.90 Å². The van der Waals surface area contributed by atoms with Crippen LogP contribution >= 0.6 is 0 Å². The molecule has 0 aromatic rings. The van der Waals surface area contributed by atoms with Gasteiger partial charge in [-0.05, 0) is 25.3 Å². The highest BCUT2D eigenvalue weighted by molar-refractivity contribution is 5.58. The van der Waals surface area contributed by atoms with Gasteiger partial charge in [0.2, 0.25) is 0 Å². The van der Waals surface area contributed by atoms with Gasteiger partial charge in [-0.2, -0.15) is 0 Å². The summed E-state index contributed by atoms with van der Waals surface area (Å²) in [4.78, 5) is 13.1. The Labute approximate surface area is 81.3 Å². The molecule has 1 fully saturated rings. The number of hydrogen-bond donors (Lipinski definition) is 0. The van der Waals surface area contributed by atoms with Crippen LogP contribution in [0.3, 0.4) is 0 Å². The maximum absolute atomic E-state index is 10.8. The second-order valence-corrected chi connectivity index (χ2v) is 4.88. The summed E-state index contributed by atoms with van der Waals surface area (Å²) in [6, 6.07) is 0. The van der Waals surface area contributed by atoms with Crippen LogP contribution < -0.4 is 0 Å². The Hall–Kier alpha value is -0.370. The van der Waals surface area contributed by atoms with E-state index >= 15 is 0 Å². The zero-order chi connectivity index (χ0) is 9.90. The lowest BCUT2D eigenvalue weighted by atomic mass is 9.95. The van der Waals surface area contributed by atoms with Crippen molar-refractivity contribution in [2.24, 2.45) is 11.3 Å². The summed E-state index contributed by atoms with van der Waals surface area (Å²) < 4.78 is 0. The monoisotopic (exact) mass is 183 g/mol. The fraction of sp³-hybridized carbons (Fsp3) is 0.909. The highest BCUT2D eigenvalue weighted by Crippen LogP contribution is 2.30. The number of aldehydes is 1. The third kappa shape index (κ3) is 3.90. The van der Waals surface area contributed by atoms with E-state index in [2.05, 4.69) is 11.8 Å². The number of carbonyl (C=O) groups excluding carboxylic acids is 1. The molecule has 0 aromatic heterocycles. The van der Waals surface area contributed by atoms with Gasteiger partial charge in [-0.25, -0.2) is 0 Å². The van der Waals surface area contributed by atoms with Crippen molar-refractivity contribution in [3.8, 4) is 0 Å². The van der Waals surface area contributed by atoms with Gasteiger partial charge in [-0.15, -0.1) is 0 Å². The van der Waals surface area contributed by atoms with Crippen molar-refractivity contribution in [2.75, 3.05) is 19.6 Å². The van der Waals surface area contributed by atoms with Crippen LogP contribution in [-0.2, 0) is 4.79 Å². The van der Waals surface area contributed by atoms with E-state index in [-0.39, 0.29) is 5.41 Å². The first-order valence-electron chi connectivity index (χ1n) is 5.26. The molecule has 2 nitrogen and oxygen atoms in total. The van der Waals surface area contributed by atoms with Crippen LogP contribution in [0.5, 0.6) is 0 Å². The van der Waals surface area contributed by atoms with Crippen LogP contribution in [0.2, 0.25) is 0 Å². The molecule has 76 valence electrons. The topological polar surface area (TPSA) is 20.3 Å². The molecule has 0 aliphatic heterocycles. The zero-order valence-corrected chi connectivity index (χ0v) is 9.05. The van der Waals surface area contributed by atoms with Crippen molar-refractivity contribution in [1.29, 1.82) is 0 Å². The maximum atomic E-state index is 10.8. The minimum atomic E-state index is -0.176. The lowest BCUT2D eigenvalue weighted by molar-refractivity contribution is -0.115. The lowest BCUT2D eigenvalue weighted by Crippen LogP contribution is -2.36. The Bertz CT molecular complexity index is 173. The van der Waals surface area contributed by atoms with Gasteiger partial charge in [0.15, 0.2) is 0 Å². The van der Waals surface area contributed by atoms with Crippen LogP contribution in [0.25, 0.3) is 0 Å². The Morgan fingerprint density at radius 1 is 1.46 bits per heavy atom. The fourth-order valence-electron chi connectivity index (χ4n) is 1.58. The first kappa shape index (κ1) is 10.7. The van der Waals surface area contributed by atoms with Gasteiger partial charge < -0.3 is 9.69 Å². The minimum absolute atomic E-state index is 0.176. The van der Waals surface area contributed by atoms with Crippen LogP contribution in [0.15, 0.2) is 0 Å². The van der Waals surface area contributed by atoms with Crippen molar-refractivity contribution in [2.45, 2.75) is 33.6 Å². The van der Waals surface area contributed by atoms with Crippen molar-refractivity contribution < 1.29 is 4.79 Å². The van der Waals surface area contributed by atoms with Gasteiger partial charge in [0, 0.05) is 18.5 Å². The highest BCUT2D eigenvalue weighted by atomic mass is 16.1. The Morgan fingerprint density at radius 3 is 2.46 bits per heavy atom. The van der Waals surface area contributed by atoms with Crippen molar-refractivity contribution in [3.63, 3.8) is 0 Å². The Kier molecular flexibility index (Phi) is 3.48. The van der Waals surface area contributed by atoms with Crippen LogP contribution in [0.4, 0.5) is 0 Å². The average Bonchev–Trinajstić information content (AvgIpc) is 2.87. The maximum Gasteiger partial charge on any atom is 0.126 e. The van der Waals surface area contributed by atoms with Crippen LogP contribution in [0, 0.1) is 11.3 Å². The molecule has 0 saturated heterocycles. The number of carbonyl (C=O) groups is 1. The number of rotatable bonds is 6. The molecule has 0 spiro atoms. The number of hydrogen-bond acceptors (Lipinski definition) is 2. The second kappa shape index (κ2) is 4.23. The third-order valence-electron chi connectivity index (χ3n) is 2.61. The van der Waals surface area contributed by atoms with E-state index in [1.165, 1.54) is 19.4 Å². The first-order chi connectivity index (χ1) is 6.07. The molecule has 0 heterocycles. The van der Waals surface area contributed by atoms with Gasteiger partial charge >= 0.3 is 0 Å². The normalized spacial score (nSPS) is 17.8. The molecular weight excluding hydrogens is 162 g/mol. The summed E-state index contributed by atoms with van der Waals surface area (Å²) in [6.07, 6.45) is 3.85. The van der Waals surface area contributed by atoms with Crippen molar-refractivity contribution in [3.05, 3.63) is 0 Å². The Balaban J connectivity index is 2.32. The van der Waals surface area contributed by atoms with Crippen LogP contribution in [0.1, 0.15) is 33.6 Å². The summed E-state index contributed by atoms with van der Waals surface area (Å²) in [7, 11) is 0. The van der Waals surface area contributed by atoms with Gasteiger partial charge in [-0.1, -0.05) is 20.8 Å². The largest absolute Gasteiger partial charge is 0.303 e. The molecule has 13 heavy (non-hydrogen) atoms. The van der Waals surface area contributed by atoms with Gasteiger partial charge in [0.25, 0.3) is 0 Å². The molecule has 0 aromatic carbocycles. The molecule has 0 radical (unpaired) electrons. The predicted molar refractivity (Wildman–Crippen MR) is 54.7 cm³/mol. The summed E-state index contributed by atoms with van der Waals surface area (Å²) in [5, 5.41) is 0. The summed E-state index contributed by atoms with van der Waals surface area (Å²) in [5.74, 6) is 0.919. The molecule has 0 unspecified atom stereocenters. The minimum Gasteiger partial charge on any atom is -0.303 e. The van der Waals surface area contributed by atoms with Gasteiger partial charge in [-0.3, -0.25) is 0 Å². The van der Waals surface area contributed by atoms with E-state index in [1.807, 2.05) is 13.8 Å². The fourth-order valence-corrected chi connectivity index (χ4v) is 1.58. The molecule has 1 aliphatic rings. The molecule has 1 aliphatic carbocycles. The summed E-state index contributed by atoms with van der Waals surface area (Å²) in [5.41, 5.74) is -0.176. The summed E-state index contributed by atoms with van der Waals surface area (Å²) >= 11 is 0. The molecule has 0 bridgehead atoms. The van der Waals surface area contributed by atoms with E-state index in [4.69, 9.17) is 0 Å². The smallest absolute Gasteiger partial charge is 0.126 e. The van der Waals surface area contributed by atoms with E-state index in [0.29, 0.717) is 0 Å². The van der Waals surface area contributed by atoms with Crippen molar-refractivity contribution >= 4 is 6.29 Å². The molecule has 0 amide bonds. The standard InChI is InChI=1S/C11H21NO/c1-4-12(7-10-5-6-10)8-11(2,3)9-13/h9-10H,4-8H2,1-3H3. The predicted octanol–water partition coefficient (Wildman–Crippen LogP) is 1.94. The molecular formula is C11H21NO. The average molecular weight is 183 g/mol. The molecule has 0 atom stereocenters. The molecule has 2 heteroatoms. The molecule has 1 rings (SSSR count). The SMILES string of the molecule is CCN(CC1CC1)CC(C)(C)C=O. The van der Waals surface area contributed by atoms with Gasteiger partial charge in [0.1, 0.15) is 6.29 Å².